The molecule has 110 valence electrons. The van der Waals surface area contributed by atoms with Crippen LogP contribution in [0.1, 0.15) is 20.3 Å². The van der Waals surface area contributed by atoms with E-state index in [2.05, 4.69) is 15.6 Å². The third kappa shape index (κ3) is 4.33. The Labute approximate surface area is 126 Å². The van der Waals surface area contributed by atoms with Crippen molar-refractivity contribution in [3.63, 3.8) is 0 Å². The fourth-order valence-electron chi connectivity index (χ4n) is 1.31. The van der Waals surface area contributed by atoms with E-state index in [-0.39, 0.29) is 17.4 Å². The number of hydrogen-bond acceptors (Lipinski definition) is 4. The lowest BCUT2D eigenvalue weighted by molar-refractivity contribution is -0.144. The van der Waals surface area contributed by atoms with Crippen molar-refractivity contribution < 1.29 is 14.7 Å². The molecule has 6 nitrogen and oxygen atoms in total. The van der Waals surface area contributed by atoms with Gasteiger partial charge in [-0.25, -0.2) is 4.98 Å². The number of carboxylic acids is 1. The van der Waals surface area contributed by atoms with Gasteiger partial charge in [0.05, 0.1) is 16.6 Å². The van der Waals surface area contributed by atoms with Crippen molar-refractivity contribution in [1.29, 1.82) is 0 Å². The summed E-state index contributed by atoms with van der Waals surface area (Å²) in [4.78, 5) is 26.7. The van der Waals surface area contributed by atoms with Crippen LogP contribution in [0.25, 0.3) is 0 Å². The zero-order valence-corrected chi connectivity index (χ0v) is 12.5. The molecule has 0 saturated carbocycles. The first-order valence-electron chi connectivity index (χ1n) is 5.88. The summed E-state index contributed by atoms with van der Waals surface area (Å²) in [6.45, 7) is 3.06. The smallest absolute Gasteiger partial charge is 0.323 e. The van der Waals surface area contributed by atoms with Crippen LogP contribution in [-0.2, 0) is 9.59 Å². The lowest BCUT2D eigenvalue weighted by atomic mass is 9.99. The predicted molar refractivity (Wildman–Crippen MR) is 77.2 cm³/mol. The second kappa shape index (κ2) is 6.88. The average Bonchev–Trinajstić information content (AvgIpc) is 2.39. The van der Waals surface area contributed by atoms with Crippen molar-refractivity contribution in [3.05, 3.63) is 22.3 Å². The normalized spacial score (nSPS) is 13.6. The maximum atomic E-state index is 11.7. The predicted octanol–water partition coefficient (Wildman–Crippen LogP) is 2.17. The molecule has 0 radical (unpaired) electrons. The molecule has 1 rings (SSSR count). The quantitative estimate of drug-likeness (QED) is 0.747. The summed E-state index contributed by atoms with van der Waals surface area (Å²) in [7, 11) is 0. The summed E-state index contributed by atoms with van der Waals surface area (Å²) in [6.07, 6.45) is 1.69. The molecule has 0 aliphatic rings. The minimum absolute atomic E-state index is 0.169. The van der Waals surface area contributed by atoms with Crippen LogP contribution in [0.3, 0.4) is 0 Å². The molecule has 0 bridgehead atoms. The lowest BCUT2D eigenvalue weighted by Crippen LogP contribution is -2.51. The molecule has 1 aromatic rings. The zero-order chi connectivity index (χ0) is 15.3. The number of anilines is 1. The molecule has 1 heterocycles. The van der Waals surface area contributed by atoms with Gasteiger partial charge < -0.3 is 10.4 Å². The van der Waals surface area contributed by atoms with Crippen molar-refractivity contribution in [2.24, 2.45) is 0 Å². The van der Waals surface area contributed by atoms with Crippen LogP contribution < -0.4 is 10.6 Å². The number of halogens is 2. The van der Waals surface area contributed by atoms with Gasteiger partial charge in [-0.3, -0.25) is 14.9 Å². The first-order chi connectivity index (χ1) is 9.28. The fourth-order valence-corrected chi connectivity index (χ4v) is 1.74. The molecule has 0 aliphatic carbocycles. The Bertz CT molecular complexity index is 525. The summed E-state index contributed by atoms with van der Waals surface area (Å²) in [5.74, 6) is -1.28. The molecule has 1 atom stereocenters. The highest BCUT2D eigenvalue weighted by atomic mass is 35.5. The van der Waals surface area contributed by atoms with E-state index < -0.39 is 17.4 Å². The van der Waals surface area contributed by atoms with Gasteiger partial charge in [-0.05, 0) is 19.4 Å². The zero-order valence-electron chi connectivity index (χ0n) is 11.0. The number of aromatic nitrogens is 1. The van der Waals surface area contributed by atoms with Gasteiger partial charge in [0.2, 0.25) is 5.91 Å². The van der Waals surface area contributed by atoms with Gasteiger partial charge in [0.15, 0.2) is 5.82 Å². The van der Waals surface area contributed by atoms with E-state index in [0.29, 0.717) is 11.4 Å². The number of rotatable bonds is 6. The molecule has 0 aromatic carbocycles. The number of carbonyl (C=O) groups excluding carboxylic acids is 1. The van der Waals surface area contributed by atoms with Crippen LogP contribution in [0.4, 0.5) is 5.82 Å². The Morgan fingerprint density at radius 1 is 1.45 bits per heavy atom. The molecule has 0 saturated heterocycles. The van der Waals surface area contributed by atoms with Crippen molar-refractivity contribution in [1.82, 2.24) is 10.3 Å². The van der Waals surface area contributed by atoms with Crippen LogP contribution in [-0.4, -0.2) is 34.1 Å². The molecule has 0 fully saturated rings. The van der Waals surface area contributed by atoms with Gasteiger partial charge in [-0.15, -0.1) is 0 Å². The lowest BCUT2D eigenvalue weighted by Gasteiger charge is -2.24. The summed E-state index contributed by atoms with van der Waals surface area (Å²) in [5.41, 5.74) is -1.16. The van der Waals surface area contributed by atoms with Crippen LogP contribution >= 0.6 is 23.2 Å². The van der Waals surface area contributed by atoms with E-state index in [1.165, 1.54) is 19.2 Å². The third-order valence-electron chi connectivity index (χ3n) is 2.88. The van der Waals surface area contributed by atoms with Gasteiger partial charge in [-0.2, -0.15) is 0 Å². The number of carbonyl (C=O) groups is 2. The Kier molecular flexibility index (Phi) is 5.74. The van der Waals surface area contributed by atoms with E-state index in [9.17, 15) is 9.59 Å². The number of amides is 1. The fraction of sp³-hybridized carbons (Fsp3) is 0.417. The number of nitrogens with one attached hydrogen (secondary N) is 2. The van der Waals surface area contributed by atoms with Crippen LogP contribution in [0.5, 0.6) is 0 Å². The van der Waals surface area contributed by atoms with Crippen LogP contribution in [0.15, 0.2) is 12.3 Å². The molecule has 1 unspecified atom stereocenters. The number of carboxylic acid groups (broad SMARTS) is 1. The van der Waals surface area contributed by atoms with Crippen molar-refractivity contribution >= 4 is 40.9 Å². The first-order valence-corrected chi connectivity index (χ1v) is 6.63. The number of pyridine rings is 1. The summed E-state index contributed by atoms with van der Waals surface area (Å²) >= 11 is 11.6. The molecule has 20 heavy (non-hydrogen) atoms. The highest BCUT2D eigenvalue weighted by molar-refractivity contribution is 6.36. The van der Waals surface area contributed by atoms with E-state index in [1.807, 2.05) is 0 Å². The maximum absolute atomic E-state index is 11.7. The molecule has 1 aromatic heterocycles. The standard InChI is InChI=1S/C12H15Cl2N3O3/c1-3-12(2,11(19)20)16-6-9(18)17-10-8(14)4-7(13)5-15-10/h4-5,16H,3,6H2,1-2H3,(H,19,20)(H,15,17,18). The number of nitrogens with zero attached hydrogens (tertiary/aromatic N) is 1. The molecule has 1 amide bonds. The molecule has 0 spiro atoms. The van der Waals surface area contributed by atoms with Crippen molar-refractivity contribution in [3.8, 4) is 0 Å². The molecule has 0 aliphatic heterocycles. The SMILES string of the molecule is CCC(C)(NCC(=O)Nc1ncc(Cl)cc1Cl)C(=O)O. The summed E-state index contributed by atoms with van der Waals surface area (Å²) in [5, 5.41) is 14.8. The Balaban J connectivity index is 2.62. The molecular formula is C12H15Cl2N3O3. The van der Waals surface area contributed by atoms with E-state index in [4.69, 9.17) is 28.3 Å². The van der Waals surface area contributed by atoms with Crippen LogP contribution in [0, 0.1) is 0 Å². The Morgan fingerprint density at radius 3 is 2.60 bits per heavy atom. The second-order valence-corrected chi connectivity index (χ2v) is 5.22. The van der Waals surface area contributed by atoms with E-state index in [1.54, 1.807) is 6.92 Å². The van der Waals surface area contributed by atoms with Gasteiger partial charge in [0, 0.05) is 6.20 Å². The number of aliphatic carboxylic acids is 1. The van der Waals surface area contributed by atoms with Crippen molar-refractivity contribution in [2.75, 3.05) is 11.9 Å². The minimum atomic E-state index is -1.16. The largest absolute Gasteiger partial charge is 0.480 e. The first kappa shape index (κ1) is 16.7. The monoisotopic (exact) mass is 319 g/mol. The molecule has 8 heteroatoms. The van der Waals surface area contributed by atoms with Crippen LogP contribution in [0.2, 0.25) is 10.0 Å². The van der Waals surface area contributed by atoms with Gasteiger partial charge >= 0.3 is 5.97 Å². The summed E-state index contributed by atoms with van der Waals surface area (Å²) < 4.78 is 0. The van der Waals surface area contributed by atoms with E-state index >= 15 is 0 Å². The topological polar surface area (TPSA) is 91.3 Å². The Hall–Kier alpha value is -1.37. The summed E-state index contributed by atoms with van der Waals surface area (Å²) in [6, 6.07) is 1.45. The third-order valence-corrected chi connectivity index (χ3v) is 3.38. The highest BCUT2D eigenvalue weighted by Crippen LogP contribution is 2.22. The maximum Gasteiger partial charge on any atom is 0.323 e. The van der Waals surface area contributed by atoms with Crippen molar-refractivity contribution in [2.45, 2.75) is 25.8 Å². The number of hydrogen-bond donors (Lipinski definition) is 3. The second-order valence-electron chi connectivity index (χ2n) is 4.38. The minimum Gasteiger partial charge on any atom is -0.480 e. The van der Waals surface area contributed by atoms with Gasteiger partial charge in [-0.1, -0.05) is 30.1 Å². The van der Waals surface area contributed by atoms with E-state index in [0.717, 1.165) is 0 Å². The molecular weight excluding hydrogens is 305 g/mol. The Morgan fingerprint density at radius 2 is 2.10 bits per heavy atom. The van der Waals surface area contributed by atoms with Gasteiger partial charge in [0.25, 0.3) is 0 Å². The molecule has 3 N–H and O–H groups in total. The highest BCUT2D eigenvalue weighted by Gasteiger charge is 2.30. The average molecular weight is 320 g/mol. The van der Waals surface area contributed by atoms with Gasteiger partial charge in [0.1, 0.15) is 5.54 Å².